The van der Waals surface area contributed by atoms with Gasteiger partial charge in [0.25, 0.3) is 0 Å². The Kier molecular flexibility index (Phi) is 7.76. The van der Waals surface area contributed by atoms with Gasteiger partial charge in [0.05, 0.1) is 40.8 Å². The number of nitrogens with zero attached hydrogens (tertiary/aromatic N) is 6. The Bertz CT molecular complexity index is 2820. The third-order valence-corrected chi connectivity index (χ3v) is 12.9. The topological polar surface area (TPSA) is 101 Å². The number of ketones is 2. The first-order chi connectivity index (χ1) is 26.2. The highest BCUT2D eigenvalue weighted by molar-refractivity contribution is 7.22. The van der Waals surface area contributed by atoms with Crippen LogP contribution in [-0.2, 0) is 9.59 Å². The highest BCUT2D eigenvalue weighted by Gasteiger charge is 2.54. The fourth-order valence-corrected chi connectivity index (χ4v) is 10.5. The van der Waals surface area contributed by atoms with Gasteiger partial charge in [-0.1, -0.05) is 59.7 Å². The number of hydrogen-bond acceptors (Lipinski definition) is 11. The van der Waals surface area contributed by atoms with E-state index in [1.165, 1.54) is 11.1 Å². The van der Waals surface area contributed by atoms with Crippen LogP contribution in [0.15, 0.2) is 89.9 Å². The van der Waals surface area contributed by atoms with E-state index in [2.05, 4.69) is 105 Å². The fraction of sp³-hybridized carbons (Fsp3) is 0.195. The normalized spacial score (nSPS) is 20.9. The molecule has 8 nitrogen and oxygen atoms in total. The average Bonchev–Trinajstić information content (AvgIpc) is 3.97. The maximum Gasteiger partial charge on any atom is 0.243 e. The van der Waals surface area contributed by atoms with Crippen LogP contribution in [0.5, 0.6) is 0 Å². The van der Waals surface area contributed by atoms with Crippen molar-refractivity contribution in [2.45, 2.75) is 39.0 Å². The van der Waals surface area contributed by atoms with Gasteiger partial charge in [-0.25, -0.2) is 13.8 Å². The van der Waals surface area contributed by atoms with Crippen molar-refractivity contribution in [1.29, 1.82) is 0 Å². The van der Waals surface area contributed by atoms with Gasteiger partial charge in [-0.15, -0.1) is 11.3 Å². The first-order valence-corrected chi connectivity index (χ1v) is 19.8. The lowest BCUT2D eigenvalue weighted by Gasteiger charge is -2.29. The summed E-state index contributed by atoms with van der Waals surface area (Å²) in [5.74, 6) is -3.83. The lowest BCUT2D eigenvalue weighted by molar-refractivity contribution is -0.136. The van der Waals surface area contributed by atoms with E-state index in [9.17, 15) is 18.4 Å². The van der Waals surface area contributed by atoms with Crippen LogP contribution in [0.3, 0.4) is 0 Å². The molecule has 2 fully saturated rings. The number of anilines is 3. The van der Waals surface area contributed by atoms with Crippen molar-refractivity contribution >= 4 is 118 Å². The summed E-state index contributed by atoms with van der Waals surface area (Å²) in [4.78, 5) is 34.0. The molecule has 8 aromatic rings. The van der Waals surface area contributed by atoms with E-state index in [1.54, 1.807) is 17.4 Å². The number of benzene rings is 5. The molecular formula is C41H28F2N6O2S3. The van der Waals surface area contributed by atoms with Crippen LogP contribution >= 0.6 is 34.8 Å². The zero-order valence-electron chi connectivity index (χ0n) is 28.8. The number of aryl methyl sites for hydroxylation is 2. The van der Waals surface area contributed by atoms with Crippen LogP contribution in [0.4, 0.5) is 30.8 Å². The lowest BCUT2D eigenvalue weighted by atomic mass is 9.78. The van der Waals surface area contributed by atoms with Crippen LogP contribution in [0, 0.1) is 25.7 Å². The molecule has 3 aromatic heterocycles. The van der Waals surface area contributed by atoms with Gasteiger partial charge < -0.3 is 4.90 Å². The quantitative estimate of drug-likeness (QED) is 0.161. The minimum atomic E-state index is -1.73. The number of carbonyl (C=O) groups is 2. The van der Waals surface area contributed by atoms with Crippen molar-refractivity contribution < 1.29 is 18.4 Å². The first-order valence-electron chi connectivity index (χ1n) is 17.5. The second kappa shape index (κ2) is 12.6. The zero-order valence-corrected chi connectivity index (χ0v) is 31.2. The molecule has 0 saturated heterocycles. The molecule has 2 aliphatic rings. The summed E-state index contributed by atoms with van der Waals surface area (Å²) < 4.78 is 48.2. The maximum absolute atomic E-state index is 14.9. The van der Waals surface area contributed by atoms with Crippen molar-refractivity contribution in [3.05, 3.63) is 96.1 Å². The number of halogens is 2. The van der Waals surface area contributed by atoms with Crippen LogP contribution in [0.25, 0.3) is 54.1 Å². The van der Waals surface area contributed by atoms with Crippen LogP contribution in [0.1, 0.15) is 24.0 Å². The number of hydrogen-bond donors (Lipinski definition) is 0. The Balaban J connectivity index is 1.18. The predicted molar refractivity (Wildman–Crippen MR) is 214 cm³/mol. The van der Waals surface area contributed by atoms with Gasteiger partial charge in [-0.05, 0) is 56.7 Å². The molecule has 5 aromatic carbocycles. The van der Waals surface area contributed by atoms with Crippen molar-refractivity contribution in [3.8, 4) is 10.4 Å². The van der Waals surface area contributed by atoms with Gasteiger partial charge in [-0.2, -0.15) is 17.5 Å². The molecule has 0 spiro atoms. The molecule has 54 heavy (non-hydrogen) atoms. The number of fused-ring (bicyclic) bond motifs is 7. The van der Waals surface area contributed by atoms with Crippen LogP contribution in [-0.4, -0.2) is 47.1 Å². The molecule has 0 N–H and O–H groups in total. The van der Waals surface area contributed by atoms with Gasteiger partial charge in [0.2, 0.25) is 11.6 Å². The fourth-order valence-electron chi connectivity index (χ4n) is 8.01. The SMILES string of the molecule is Cc1ccc(N(c2ccc(C)cc2)c2sc(-c3cc4c(cc(N=C5C(=O)C(=O)C6C(F)CC(F)CC56)c5nsnc54)c4nsnc34)c3ccccc23)cc1. The molecule has 10 rings (SSSR count). The standard InChI is InChI=1S/C41H28F2N6O2S3/c1-19-7-11-22(12-8-19)49(23-13-9-20(2)10-14-23)41-25-6-4-3-5-24(25)40(52-41)29-17-26-27(33-35(29)47-53-45-33)18-31(37-34(26)46-54-48-37)44-36-28-15-21(42)16-30(43)32(28)38(50)39(36)51/h3-14,17-18,21,28,30,32H,15-16H2,1-2H3. The first kappa shape index (κ1) is 33.2. The Morgan fingerprint density at radius 2 is 1.30 bits per heavy atom. The van der Waals surface area contributed by atoms with Crippen molar-refractivity contribution in [3.63, 3.8) is 0 Å². The largest absolute Gasteiger partial charge is 0.301 e. The summed E-state index contributed by atoms with van der Waals surface area (Å²) in [5.41, 5.74) is 7.83. The van der Waals surface area contributed by atoms with Gasteiger partial charge in [0.1, 0.15) is 39.4 Å². The highest BCUT2D eigenvalue weighted by Crippen LogP contribution is 2.51. The minimum absolute atomic E-state index is 0.114. The summed E-state index contributed by atoms with van der Waals surface area (Å²) in [6.45, 7) is 4.16. The summed E-state index contributed by atoms with van der Waals surface area (Å²) >= 11 is 3.78. The molecule has 2 aliphatic carbocycles. The molecule has 0 amide bonds. The van der Waals surface area contributed by atoms with E-state index in [4.69, 9.17) is 8.75 Å². The molecule has 0 bridgehead atoms. The number of rotatable bonds is 5. The molecule has 4 unspecified atom stereocenters. The number of Topliss-reactive ketones (excluding diaryl/α,β-unsaturated/α-hetero) is 2. The van der Waals surface area contributed by atoms with Crippen molar-refractivity contribution in [2.75, 3.05) is 4.90 Å². The Labute approximate surface area is 319 Å². The second-order valence-corrected chi connectivity index (χ2v) is 16.1. The summed E-state index contributed by atoms with van der Waals surface area (Å²) in [7, 11) is 0. The predicted octanol–water partition coefficient (Wildman–Crippen LogP) is 10.7. The number of thiophene rings is 1. The monoisotopic (exact) mass is 770 g/mol. The summed E-state index contributed by atoms with van der Waals surface area (Å²) in [6, 6.07) is 29.3. The van der Waals surface area contributed by atoms with E-state index in [0.29, 0.717) is 33.1 Å². The average molecular weight is 771 g/mol. The van der Waals surface area contributed by atoms with Gasteiger partial charge in [-0.3, -0.25) is 9.59 Å². The number of alkyl halides is 2. The molecule has 3 heterocycles. The number of carbonyl (C=O) groups excluding carboxylic acids is 2. The molecule has 0 aliphatic heterocycles. The van der Waals surface area contributed by atoms with Crippen LogP contribution < -0.4 is 4.90 Å². The molecular weight excluding hydrogens is 743 g/mol. The number of aliphatic imine (C=N–C) groups is 1. The van der Waals surface area contributed by atoms with Crippen molar-refractivity contribution in [1.82, 2.24) is 17.5 Å². The maximum atomic E-state index is 14.9. The van der Waals surface area contributed by atoms with Gasteiger partial charge in [0.15, 0.2) is 0 Å². The van der Waals surface area contributed by atoms with E-state index in [0.717, 1.165) is 66.4 Å². The minimum Gasteiger partial charge on any atom is -0.301 e. The van der Waals surface area contributed by atoms with E-state index in [-0.39, 0.29) is 12.1 Å². The summed E-state index contributed by atoms with van der Waals surface area (Å²) in [6.07, 6.45) is -3.71. The molecule has 4 atom stereocenters. The van der Waals surface area contributed by atoms with Gasteiger partial charge in [0, 0.05) is 55.7 Å². The molecule has 0 radical (unpaired) electrons. The Hall–Kier alpha value is -5.37. The summed E-state index contributed by atoms with van der Waals surface area (Å²) in [5, 5.41) is 4.69. The molecule has 266 valence electrons. The smallest absolute Gasteiger partial charge is 0.243 e. The van der Waals surface area contributed by atoms with Crippen LogP contribution in [0.2, 0.25) is 0 Å². The zero-order chi connectivity index (χ0) is 36.8. The molecule has 2 saturated carbocycles. The van der Waals surface area contributed by atoms with E-state index < -0.39 is 42.2 Å². The lowest BCUT2D eigenvalue weighted by Crippen LogP contribution is -2.36. The van der Waals surface area contributed by atoms with E-state index in [1.807, 2.05) is 6.07 Å². The van der Waals surface area contributed by atoms with Crippen molar-refractivity contribution in [2.24, 2.45) is 16.8 Å². The highest BCUT2D eigenvalue weighted by atomic mass is 32.1. The number of aromatic nitrogens is 4. The second-order valence-electron chi connectivity index (χ2n) is 14.0. The van der Waals surface area contributed by atoms with Gasteiger partial charge >= 0.3 is 0 Å². The Morgan fingerprint density at radius 1 is 0.704 bits per heavy atom. The third-order valence-electron chi connectivity index (χ3n) is 10.6. The molecule has 13 heteroatoms. The third kappa shape index (κ3) is 5.13. The Morgan fingerprint density at radius 3 is 1.98 bits per heavy atom. The van der Waals surface area contributed by atoms with E-state index >= 15 is 0 Å².